The molecular formula is C17H25NO2. The van der Waals surface area contributed by atoms with Gasteiger partial charge in [-0.3, -0.25) is 0 Å². The van der Waals surface area contributed by atoms with Crippen LogP contribution < -0.4 is 5.32 Å². The minimum Gasteiger partial charge on any atom is -0.462 e. The number of hydrogen-bond donors (Lipinski definition) is 1. The lowest BCUT2D eigenvalue weighted by Crippen LogP contribution is -2.10. The Morgan fingerprint density at radius 3 is 2.35 bits per heavy atom. The number of rotatable bonds is 5. The van der Waals surface area contributed by atoms with Gasteiger partial charge < -0.3 is 10.1 Å². The molecule has 1 N–H and O–H groups in total. The van der Waals surface area contributed by atoms with E-state index in [4.69, 9.17) is 4.74 Å². The van der Waals surface area contributed by atoms with Gasteiger partial charge in [-0.25, -0.2) is 4.79 Å². The number of hydrogen-bond acceptors (Lipinski definition) is 3. The van der Waals surface area contributed by atoms with Crippen molar-refractivity contribution in [2.24, 2.45) is 0 Å². The van der Waals surface area contributed by atoms with Crippen LogP contribution >= 0.6 is 0 Å². The summed E-state index contributed by atoms with van der Waals surface area (Å²) in [6.45, 7) is 10.8. The van der Waals surface area contributed by atoms with Gasteiger partial charge in [-0.1, -0.05) is 39.8 Å². The zero-order chi connectivity index (χ0) is 15.2. The molecule has 0 aromatic heterocycles. The van der Waals surface area contributed by atoms with Gasteiger partial charge in [0.2, 0.25) is 0 Å². The first kappa shape index (κ1) is 16.3. The molecule has 0 saturated carbocycles. The van der Waals surface area contributed by atoms with Crippen molar-refractivity contribution >= 4 is 11.7 Å². The van der Waals surface area contributed by atoms with E-state index in [-0.39, 0.29) is 11.4 Å². The lowest BCUT2D eigenvalue weighted by Gasteiger charge is -2.19. The third-order valence-electron chi connectivity index (χ3n) is 2.88. The zero-order valence-electron chi connectivity index (χ0n) is 13.1. The number of allylic oxidation sites excluding steroid dienone is 1. The molecule has 0 amide bonds. The van der Waals surface area contributed by atoms with Crippen molar-refractivity contribution in [3.8, 4) is 0 Å². The molecule has 0 spiro atoms. The average molecular weight is 275 g/mol. The highest BCUT2D eigenvalue weighted by molar-refractivity contribution is 5.83. The van der Waals surface area contributed by atoms with Gasteiger partial charge in [0.05, 0.1) is 6.61 Å². The van der Waals surface area contributed by atoms with Crippen LogP contribution in [0.4, 0.5) is 5.69 Å². The summed E-state index contributed by atoms with van der Waals surface area (Å²) in [5.41, 5.74) is 3.17. The Morgan fingerprint density at radius 1 is 1.25 bits per heavy atom. The maximum Gasteiger partial charge on any atom is 0.332 e. The quantitative estimate of drug-likeness (QED) is 0.645. The van der Waals surface area contributed by atoms with Crippen molar-refractivity contribution in [1.29, 1.82) is 0 Å². The molecular weight excluding hydrogens is 250 g/mol. The van der Waals surface area contributed by atoms with E-state index in [1.165, 1.54) is 11.6 Å². The maximum absolute atomic E-state index is 11.4. The monoisotopic (exact) mass is 275 g/mol. The Hall–Kier alpha value is -1.77. The minimum absolute atomic E-state index is 0.146. The molecule has 0 saturated heterocycles. The fourth-order valence-electron chi connectivity index (χ4n) is 1.74. The van der Waals surface area contributed by atoms with Gasteiger partial charge in [0.1, 0.15) is 0 Å². The van der Waals surface area contributed by atoms with Crippen molar-refractivity contribution in [2.45, 2.75) is 46.5 Å². The second-order valence-electron chi connectivity index (χ2n) is 5.95. The fourth-order valence-corrected chi connectivity index (χ4v) is 1.74. The second kappa shape index (κ2) is 7.13. The molecule has 0 unspecified atom stereocenters. The number of esters is 1. The van der Waals surface area contributed by atoms with E-state index in [1.54, 1.807) is 0 Å². The molecule has 0 bridgehead atoms. The SMILES string of the molecule is CCCOC(=O)C=C(C)Nc1ccc(C(C)(C)C)cc1. The predicted molar refractivity (Wildman–Crippen MR) is 83.8 cm³/mol. The van der Waals surface area contributed by atoms with E-state index in [1.807, 2.05) is 26.0 Å². The summed E-state index contributed by atoms with van der Waals surface area (Å²) in [6, 6.07) is 8.25. The Kier molecular flexibility index (Phi) is 5.81. The van der Waals surface area contributed by atoms with Crippen LogP contribution in [0, 0.1) is 0 Å². The molecule has 0 aliphatic heterocycles. The first-order valence-electron chi connectivity index (χ1n) is 7.05. The molecule has 0 aliphatic carbocycles. The van der Waals surface area contributed by atoms with Crippen LogP contribution in [-0.4, -0.2) is 12.6 Å². The minimum atomic E-state index is -0.303. The largest absolute Gasteiger partial charge is 0.462 e. The first-order valence-corrected chi connectivity index (χ1v) is 7.05. The van der Waals surface area contributed by atoms with Crippen LogP contribution in [0.5, 0.6) is 0 Å². The molecule has 110 valence electrons. The number of benzene rings is 1. The van der Waals surface area contributed by atoms with E-state index in [2.05, 4.69) is 38.2 Å². The summed E-state index contributed by atoms with van der Waals surface area (Å²) in [6.07, 6.45) is 2.31. The van der Waals surface area contributed by atoms with Crippen molar-refractivity contribution < 1.29 is 9.53 Å². The van der Waals surface area contributed by atoms with Gasteiger partial charge in [0, 0.05) is 17.5 Å². The predicted octanol–water partition coefficient (Wildman–Crippen LogP) is 4.25. The highest BCUT2D eigenvalue weighted by Gasteiger charge is 2.12. The molecule has 1 aromatic carbocycles. The molecule has 0 atom stereocenters. The van der Waals surface area contributed by atoms with E-state index in [9.17, 15) is 4.79 Å². The molecule has 0 heterocycles. The van der Waals surface area contributed by atoms with E-state index in [0.29, 0.717) is 6.61 Å². The lowest BCUT2D eigenvalue weighted by atomic mass is 9.87. The van der Waals surface area contributed by atoms with Gasteiger partial charge in [-0.05, 0) is 36.5 Å². The van der Waals surface area contributed by atoms with Crippen LogP contribution in [0.15, 0.2) is 36.0 Å². The Bertz CT molecular complexity index is 467. The smallest absolute Gasteiger partial charge is 0.332 e. The molecule has 1 rings (SSSR count). The summed E-state index contributed by atoms with van der Waals surface area (Å²) in [5, 5.41) is 3.19. The molecule has 3 heteroatoms. The average Bonchev–Trinajstić information content (AvgIpc) is 2.35. The summed E-state index contributed by atoms with van der Waals surface area (Å²) < 4.78 is 5.01. The maximum atomic E-state index is 11.4. The van der Waals surface area contributed by atoms with Crippen molar-refractivity contribution in [1.82, 2.24) is 0 Å². The van der Waals surface area contributed by atoms with Crippen LogP contribution in [0.3, 0.4) is 0 Å². The molecule has 0 aliphatic rings. The van der Waals surface area contributed by atoms with Crippen molar-refractivity contribution in [3.05, 3.63) is 41.6 Å². The summed E-state index contributed by atoms with van der Waals surface area (Å²) in [4.78, 5) is 11.4. The van der Waals surface area contributed by atoms with Crippen molar-refractivity contribution in [3.63, 3.8) is 0 Å². The number of carbonyl (C=O) groups is 1. The number of anilines is 1. The fraction of sp³-hybridized carbons (Fsp3) is 0.471. The lowest BCUT2D eigenvalue weighted by molar-refractivity contribution is -0.137. The molecule has 1 aromatic rings. The summed E-state index contributed by atoms with van der Waals surface area (Å²) in [7, 11) is 0. The van der Waals surface area contributed by atoms with E-state index < -0.39 is 0 Å². The third kappa shape index (κ3) is 5.47. The highest BCUT2D eigenvalue weighted by Crippen LogP contribution is 2.23. The van der Waals surface area contributed by atoms with Gasteiger partial charge >= 0.3 is 5.97 Å². The Balaban J connectivity index is 2.64. The van der Waals surface area contributed by atoms with Crippen LogP contribution in [0.25, 0.3) is 0 Å². The second-order valence-corrected chi connectivity index (χ2v) is 5.95. The topological polar surface area (TPSA) is 38.3 Å². The van der Waals surface area contributed by atoms with Gasteiger partial charge in [-0.15, -0.1) is 0 Å². The normalized spacial score (nSPS) is 12.2. The van der Waals surface area contributed by atoms with Gasteiger partial charge in [0.25, 0.3) is 0 Å². The molecule has 3 nitrogen and oxygen atoms in total. The van der Waals surface area contributed by atoms with Crippen molar-refractivity contribution in [2.75, 3.05) is 11.9 Å². The van der Waals surface area contributed by atoms with E-state index >= 15 is 0 Å². The number of carbonyl (C=O) groups excluding carboxylic acids is 1. The van der Waals surface area contributed by atoms with Crippen LogP contribution in [-0.2, 0) is 14.9 Å². The molecule has 0 fully saturated rings. The summed E-state index contributed by atoms with van der Waals surface area (Å²) >= 11 is 0. The Morgan fingerprint density at radius 2 is 1.85 bits per heavy atom. The third-order valence-corrected chi connectivity index (χ3v) is 2.88. The van der Waals surface area contributed by atoms with Gasteiger partial charge in [-0.2, -0.15) is 0 Å². The first-order chi connectivity index (χ1) is 9.32. The summed E-state index contributed by atoms with van der Waals surface area (Å²) in [5.74, 6) is -0.303. The van der Waals surface area contributed by atoms with Gasteiger partial charge in [0.15, 0.2) is 0 Å². The van der Waals surface area contributed by atoms with Crippen LogP contribution in [0.2, 0.25) is 0 Å². The van der Waals surface area contributed by atoms with E-state index in [0.717, 1.165) is 17.8 Å². The number of ether oxygens (including phenoxy) is 1. The van der Waals surface area contributed by atoms with Crippen LogP contribution in [0.1, 0.15) is 46.6 Å². The Labute approximate surface area is 122 Å². The number of nitrogens with one attached hydrogen (secondary N) is 1. The highest BCUT2D eigenvalue weighted by atomic mass is 16.5. The molecule has 20 heavy (non-hydrogen) atoms. The molecule has 0 radical (unpaired) electrons. The standard InChI is InChI=1S/C17H25NO2/c1-6-11-20-16(19)12-13(2)18-15-9-7-14(8-10-15)17(3,4)5/h7-10,12,18H,6,11H2,1-5H3. The zero-order valence-corrected chi connectivity index (χ0v) is 13.1.